The van der Waals surface area contributed by atoms with Crippen LogP contribution < -0.4 is 5.73 Å². The summed E-state index contributed by atoms with van der Waals surface area (Å²) in [7, 11) is 1.64. The lowest BCUT2D eigenvalue weighted by Crippen LogP contribution is -2.46. The molecule has 2 N–H and O–H groups in total. The average molecular weight is 269 g/mol. The van der Waals surface area contributed by atoms with E-state index < -0.39 is 6.04 Å². The molecule has 2 heterocycles. The fourth-order valence-corrected chi connectivity index (χ4v) is 3.13. The molecule has 0 radical (unpaired) electrons. The summed E-state index contributed by atoms with van der Waals surface area (Å²) in [5.41, 5.74) is 5.92. The van der Waals surface area contributed by atoms with Crippen molar-refractivity contribution in [3.8, 4) is 0 Å². The minimum atomic E-state index is -0.403. The van der Waals surface area contributed by atoms with E-state index in [9.17, 15) is 4.79 Å². The van der Waals surface area contributed by atoms with Crippen molar-refractivity contribution < 1.29 is 9.53 Å². The predicted octanol–water partition coefficient (Wildman–Crippen LogP) is 0.437. The van der Waals surface area contributed by atoms with Crippen LogP contribution in [-0.2, 0) is 9.53 Å². The summed E-state index contributed by atoms with van der Waals surface area (Å²) in [6.45, 7) is 4.67. The van der Waals surface area contributed by atoms with Crippen LogP contribution in [0.5, 0.6) is 0 Å². The van der Waals surface area contributed by atoms with Crippen LogP contribution in [-0.4, -0.2) is 67.7 Å². The first-order chi connectivity index (χ1) is 9.22. The number of amides is 1. The van der Waals surface area contributed by atoms with Crippen molar-refractivity contribution >= 4 is 5.91 Å². The Labute approximate surface area is 116 Å². The second-order valence-electron chi connectivity index (χ2n) is 5.71. The van der Waals surface area contributed by atoms with E-state index in [1.54, 1.807) is 7.11 Å². The van der Waals surface area contributed by atoms with Crippen LogP contribution in [0.3, 0.4) is 0 Å². The van der Waals surface area contributed by atoms with E-state index in [1.165, 1.54) is 32.4 Å². The molecule has 2 aliphatic heterocycles. The highest BCUT2D eigenvalue weighted by molar-refractivity contribution is 5.81. The summed E-state index contributed by atoms with van der Waals surface area (Å²) >= 11 is 0. The third-order valence-electron chi connectivity index (χ3n) is 4.33. The van der Waals surface area contributed by atoms with Crippen molar-refractivity contribution in [1.29, 1.82) is 0 Å². The second-order valence-corrected chi connectivity index (χ2v) is 5.71. The molecule has 2 fully saturated rings. The van der Waals surface area contributed by atoms with Gasteiger partial charge >= 0.3 is 0 Å². The van der Waals surface area contributed by atoms with Crippen LogP contribution in [0, 0.1) is 0 Å². The molecule has 0 aromatic heterocycles. The minimum Gasteiger partial charge on any atom is -0.385 e. The van der Waals surface area contributed by atoms with E-state index >= 15 is 0 Å². The van der Waals surface area contributed by atoms with Crippen molar-refractivity contribution in [3.05, 3.63) is 0 Å². The Morgan fingerprint density at radius 3 is 2.74 bits per heavy atom. The molecule has 0 bridgehead atoms. The molecule has 5 heteroatoms. The molecule has 2 aliphatic rings. The van der Waals surface area contributed by atoms with Gasteiger partial charge in [-0.2, -0.15) is 0 Å². The van der Waals surface area contributed by atoms with Gasteiger partial charge in [0.05, 0.1) is 6.04 Å². The van der Waals surface area contributed by atoms with Crippen molar-refractivity contribution in [1.82, 2.24) is 9.80 Å². The van der Waals surface area contributed by atoms with E-state index in [0.717, 1.165) is 19.5 Å². The first-order valence-electron chi connectivity index (χ1n) is 7.49. The fraction of sp³-hybridized carbons (Fsp3) is 0.929. The highest BCUT2D eigenvalue weighted by Crippen LogP contribution is 2.20. The zero-order valence-electron chi connectivity index (χ0n) is 12.0. The first-order valence-corrected chi connectivity index (χ1v) is 7.49. The quantitative estimate of drug-likeness (QED) is 0.786. The van der Waals surface area contributed by atoms with Gasteiger partial charge in [0.15, 0.2) is 0 Å². The molecular weight excluding hydrogens is 242 g/mol. The van der Waals surface area contributed by atoms with Crippen molar-refractivity contribution in [2.45, 2.75) is 44.2 Å². The molecule has 2 rings (SSSR count). The average Bonchev–Trinajstić information content (AvgIpc) is 2.94. The molecule has 0 saturated carbocycles. The first kappa shape index (κ1) is 14.8. The maximum Gasteiger partial charge on any atom is 0.239 e. The summed E-state index contributed by atoms with van der Waals surface area (Å²) < 4.78 is 4.98. The van der Waals surface area contributed by atoms with Gasteiger partial charge in [0.1, 0.15) is 0 Å². The van der Waals surface area contributed by atoms with Gasteiger partial charge in [0.25, 0.3) is 0 Å². The van der Waals surface area contributed by atoms with Crippen LogP contribution in [0.15, 0.2) is 0 Å². The molecule has 1 amide bonds. The lowest BCUT2D eigenvalue weighted by atomic mass is 10.1. The molecule has 19 heavy (non-hydrogen) atoms. The molecule has 0 spiro atoms. The highest BCUT2D eigenvalue weighted by atomic mass is 16.5. The number of carbonyl (C=O) groups is 1. The summed E-state index contributed by atoms with van der Waals surface area (Å²) in [6, 6.07) is 0.152. The summed E-state index contributed by atoms with van der Waals surface area (Å²) in [5.74, 6) is 0.0940. The molecule has 2 saturated heterocycles. The Bertz CT molecular complexity index is 292. The smallest absolute Gasteiger partial charge is 0.239 e. The Kier molecular flexibility index (Phi) is 5.60. The Morgan fingerprint density at radius 1 is 1.32 bits per heavy atom. The van der Waals surface area contributed by atoms with E-state index in [-0.39, 0.29) is 5.91 Å². The van der Waals surface area contributed by atoms with Gasteiger partial charge in [-0.05, 0) is 38.8 Å². The third-order valence-corrected chi connectivity index (χ3v) is 4.33. The number of nitrogens with zero attached hydrogens (tertiary/aromatic N) is 2. The summed E-state index contributed by atoms with van der Waals surface area (Å²) in [4.78, 5) is 16.7. The van der Waals surface area contributed by atoms with Crippen LogP contribution in [0.2, 0.25) is 0 Å². The van der Waals surface area contributed by atoms with Gasteiger partial charge in [0, 0.05) is 32.8 Å². The third kappa shape index (κ3) is 3.91. The number of carbonyl (C=O) groups excluding carboxylic acids is 1. The van der Waals surface area contributed by atoms with Crippen molar-refractivity contribution in [2.75, 3.05) is 39.9 Å². The maximum absolute atomic E-state index is 12.2. The SMILES string of the molecule is COCCC(N)C(=O)N1CCC(N2CCCCC2)C1. The number of hydrogen-bond donors (Lipinski definition) is 1. The number of rotatable bonds is 5. The fourth-order valence-electron chi connectivity index (χ4n) is 3.13. The summed E-state index contributed by atoms with van der Waals surface area (Å²) in [5, 5.41) is 0. The van der Waals surface area contributed by atoms with Crippen molar-refractivity contribution in [2.24, 2.45) is 5.73 Å². The maximum atomic E-state index is 12.2. The highest BCUT2D eigenvalue weighted by Gasteiger charge is 2.32. The molecular formula is C14H27N3O2. The Hall–Kier alpha value is -0.650. The molecule has 0 aromatic rings. The number of likely N-dealkylation sites (tertiary alicyclic amines) is 2. The molecule has 2 unspecified atom stereocenters. The topological polar surface area (TPSA) is 58.8 Å². The Morgan fingerprint density at radius 2 is 2.05 bits per heavy atom. The lowest BCUT2D eigenvalue weighted by Gasteiger charge is -2.32. The number of piperidine rings is 1. The summed E-state index contributed by atoms with van der Waals surface area (Å²) in [6.07, 6.45) is 5.67. The number of methoxy groups -OCH3 is 1. The second kappa shape index (κ2) is 7.22. The largest absolute Gasteiger partial charge is 0.385 e. The van der Waals surface area contributed by atoms with E-state index in [4.69, 9.17) is 10.5 Å². The Balaban J connectivity index is 1.78. The van der Waals surface area contributed by atoms with E-state index in [0.29, 0.717) is 19.1 Å². The molecule has 110 valence electrons. The number of ether oxygens (including phenoxy) is 1. The number of hydrogen-bond acceptors (Lipinski definition) is 4. The van der Waals surface area contributed by atoms with Crippen LogP contribution in [0.1, 0.15) is 32.1 Å². The van der Waals surface area contributed by atoms with Gasteiger partial charge in [-0.3, -0.25) is 9.69 Å². The zero-order valence-corrected chi connectivity index (χ0v) is 12.0. The minimum absolute atomic E-state index is 0.0940. The van der Waals surface area contributed by atoms with Gasteiger partial charge in [-0.25, -0.2) is 0 Å². The number of nitrogens with two attached hydrogens (primary N) is 1. The predicted molar refractivity (Wildman–Crippen MR) is 74.9 cm³/mol. The molecule has 5 nitrogen and oxygen atoms in total. The van der Waals surface area contributed by atoms with Gasteiger partial charge in [-0.1, -0.05) is 6.42 Å². The van der Waals surface area contributed by atoms with Crippen molar-refractivity contribution in [3.63, 3.8) is 0 Å². The van der Waals surface area contributed by atoms with E-state index in [2.05, 4.69) is 4.90 Å². The van der Waals surface area contributed by atoms with Crippen LogP contribution in [0.25, 0.3) is 0 Å². The van der Waals surface area contributed by atoms with Gasteiger partial charge in [0.2, 0.25) is 5.91 Å². The molecule has 2 atom stereocenters. The lowest BCUT2D eigenvalue weighted by molar-refractivity contribution is -0.132. The van der Waals surface area contributed by atoms with E-state index in [1.807, 2.05) is 4.90 Å². The van der Waals surface area contributed by atoms with Crippen LogP contribution >= 0.6 is 0 Å². The molecule has 0 aromatic carbocycles. The van der Waals surface area contributed by atoms with Crippen LogP contribution in [0.4, 0.5) is 0 Å². The normalized spacial score (nSPS) is 26.6. The standard InChI is InChI=1S/C14H27N3O2/c1-19-10-6-13(15)14(18)17-9-5-12(11-17)16-7-3-2-4-8-16/h12-13H,2-11,15H2,1H3. The molecule has 0 aliphatic carbocycles. The zero-order chi connectivity index (χ0) is 13.7. The van der Waals surface area contributed by atoms with Gasteiger partial charge < -0.3 is 15.4 Å². The van der Waals surface area contributed by atoms with Gasteiger partial charge in [-0.15, -0.1) is 0 Å². The monoisotopic (exact) mass is 269 g/mol.